The summed E-state index contributed by atoms with van der Waals surface area (Å²) in [5, 5.41) is 0. The van der Waals surface area contributed by atoms with Gasteiger partial charge in [0.2, 0.25) is 5.91 Å². The third kappa shape index (κ3) is 8.74. The van der Waals surface area contributed by atoms with Gasteiger partial charge in [-0.2, -0.15) is 0 Å². The Labute approximate surface area is 129 Å². The lowest BCUT2D eigenvalue weighted by atomic mass is 10.1. The van der Waals surface area contributed by atoms with Crippen molar-refractivity contribution in [3.05, 3.63) is 0 Å². The summed E-state index contributed by atoms with van der Waals surface area (Å²) in [6.45, 7) is 5.35. The number of hydrogen-bond acceptors (Lipinski definition) is 3. The Morgan fingerprint density at radius 3 is 2.19 bits per heavy atom. The minimum Gasteiger partial charge on any atom is -0.463 e. The van der Waals surface area contributed by atoms with Crippen LogP contribution < -0.4 is 0 Å². The molecule has 1 aliphatic heterocycles. The second-order valence-electron chi connectivity index (χ2n) is 6.17. The van der Waals surface area contributed by atoms with Gasteiger partial charge in [-0.3, -0.25) is 9.59 Å². The number of esters is 1. The molecule has 1 aliphatic rings. The Balaban J connectivity index is 1.86. The molecule has 1 fully saturated rings. The highest BCUT2D eigenvalue weighted by Gasteiger charge is 2.16. The summed E-state index contributed by atoms with van der Waals surface area (Å²) in [5.74, 6) is 0.160. The van der Waals surface area contributed by atoms with E-state index in [1.165, 1.54) is 39.0 Å². The number of likely N-dealkylation sites (tertiary alicyclic amines) is 1. The first-order chi connectivity index (χ1) is 10.1. The number of carbonyl (C=O) groups excluding carboxylic acids is 2. The Bertz CT molecular complexity index is 311. The SMILES string of the molecule is CC(=O)OC(C)CCCCCCCCC(=O)N1CCCC1. The molecule has 1 rings (SSSR count). The molecule has 1 unspecified atom stereocenters. The Hall–Kier alpha value is -1.06. The van der Waals surface area contributed by atoms with E-state index in [0.717, 1.165) is 45.2 Å². The van der Waals surface area contributed by atoms with Crippen molar-refractivity contribution in [2.75, 3.05) is 13.1 Å². The van der Waals surface area contributed by atoms with Crippen LogP contribution in [0.3, 0.4) is 0 Å². The van der Waals surface area contributed by atoms with Gasteiger partial charge in [-0.15, -0.1) is 0 Å². The van der Waals surface area contributed by atoms with Crippen molar-refractivity contribution in [2.24, 2.45) is 0 Å². The van der Waals surface area contributed by atoms with Crippen LogP contribution in [-0.4, -0.2) is 36.0 Å². The molecule has 0 radical (unpaired) electrons. The van der Waals surface area contributed by atoms with Crippen LogP contribution in [0.4, 0.5) is 0 Å². The summed E-state index contributed by atoms with van der Waals surface area (Å²) in [6.07, 6.45) is 11.0. The minimum atomic E-state index is -0.190. The third-order valence-electron chi connectivity index (χ3n) is 4.08. The minimum absolute atomic E-state index is 0.0422. The van der Waals surface area contributed by atoms with Crippen molar-refractivity contribution >= 4 is 11.9 Å². The maximum Gasteiger partial charge on any atom is 0.302 e. The van der Waals surface area contributed by atoms with E-state index in [1.807, 2.05) is 11.8 Å². The summed E-state index contributed by atoms with van der Waals surface area (Å²) < 4.78 is 5.09. The molecule has 0 bridgehead atoms. The van der Waals surface area contributed by atoms with E-state index in [-0.39, 0.29) is 12.1 Å². The lowest BCUT2D eigenvalue weighted by molar-refractivity contribution is -0.145. The molecule has 0 saturated carbocycles. The van der Waals surface area contributed by atoms with Crippen LogP contribution in [0.5, 0.6) is 0 Å². The molecule has 0 aromatic carbocycles. The average molecular weight is 297 g/mol. The molecule has 1 heterocycles. The molecule has 0 N–H and O–H groups in total. The number of ether oxygens (including phenoxy) is 1. The number of amides is 1. The molecule has 1 saturated heterocycles. The molecule has 0 spiro atoms. The van der Waals surface area contributed by atoms with Gasteiger partial charge in [0.05, 0.1) is 6.10 Å². The normalized spacial score (nSPS) is 16.0. The van der Waals surface area contributed by atoms with E-state index in [1.54, 1.807) is 0 Å². The highest BCUT2D eigenvalue weighted by atomic mass is 16.5. The number of nitrogens with zero attached hydrogens (tertiary/aromatic N) is 1. The summed E-state index contributed by atoms with van der Waals surface area (Å²) in [7, 11) is 0. The quantitative estimate of drug-likeness (QED) is 0.456. The Kier molecular flexibility index (Phi) is 9.11. The standard InChI is InChI=1S/C17H31NO3/c1-15(21-16(2)19)11-7-5-3-4-6-8-12-17(20)18-13-9-10-14-18/h15H,3-14H2,1-2H3. The third-order valence-corrected chi connectivity index (χ3v) is 4.08. The summed E-state index contributed by atoms with van der Waals surface area (Å²) in [6, 6.07) is 0. The first-order valence-corrected chi connectivity index (χ1v) is 8.54. The first kappa shape index (κ1) is 18.0. The van der Waals surface area contributed by atoms with Crippen LogP contribution in [0.1, 0.15) is 78.1 Å². The zero-order chi connectivity index (χ0) is 15.5. The number of carbonyl (C=O) groups is 2. The molecule has 4 heteroatoms. The maximum atomic E-state index is 11.8. The van der Waals surface area contributed by atoms with Gasteiger partial charge in [0.15, 0.2) is 0 Å². The van der Waals surface area contributed by atoms with Crippen molar-refractivity contribution in [1.29, 1.82) is 0 Å². The highest BCUT2D eigenvalue weighted by molar-refractivity contribution is 5.76. The van der Waals surface area contributed by atoms with E-state index < -0.39 is 0 Å². The van der Waals surface area contributed by atoms with Crippen molar-refractivity contribution < 1.29 is 14.3 Å². The monoisotopic (exact) mass is 297 g/mol. The van der Waals surface area contributed by atoms with Gasteiger partial charge < -0.3 is 9.64 Å². The highest BCUT2D eigenvalue weighted by Crippen LogP contribution is 2.13. The van der Waals surface area contributed by atoms with Crippen LogP contribution in [0.25, 0.3) is 0 Å². The lowest BCUT2D eigenvalue weighted by Gasteiger charge is -2.14. The molecular formula is C17H31NO3. The van der Waals surface area contributed by atoms with Gasteiger partial charge in [0.1, 0.15) is 0 Å². The molecular weight excluding hydrogens is 266 g/mol. The Morgan fingerprint density at radius 1 is 1.00 bits per heavy atom. The van der Waals surface area contributed by atoms with Crippen molar-refractivity contribution in [1.82, 2.24) is 4.90 Å². The van der Waals surface area contributed by atoms with Crippen LogP contribution in [-0.2, 0) is 14.3 Å². The van der Waals surface area contributed by atoms with Gasteiger partial charge in [-0.05, 0) is 39.0 Å². The van der Waals surface area contributed by atoms with Crippen molar-refractivity contribution in [2.45, 2.75) is 84.2 Å². The van der Waals surface area contributed by atoms with Crippen LogP contribution in [0.2, 0.25) is 0 Å². The topological polar surface area (TPSA) is 46.6 Å². The van der Waals surface area contributed by atoms with Gasteiger partial charge in [-0.1, -0.05) is 25.7 Å². The number of hydrogen-bond donors (Lipinski definition) is 0. The molecule has 0 aromatic heterocycles. The zero-order valence-corrected chi connectivity index (χ0v) is 13.7. The van der Waals surface area contributed by atoms with Gasteiger partial charge in [-0.25, -0.2) is 0 Å². The molecule has 4 nitrogen and oxygen atoms in total. The van der Waals surface area contributed by atoms with E-state index in [4.69, 9.17) is 4.74 Å². The van der Waals surface area contributed by atoms with E-state index in [9.17, 15) is 9.59 Å². The Morgan fingerprint density at radius 2 is 1.57 bits per heavy atom. The van der Waals surface area contributed by atoms with E-state index in [0.29, 0.717) is 5.91 Å². The molecule has 0 aromatic rings. The fourth-order valence-corrected chi connectivity index (χ4v) is 2.88. The van der Waals surface area contributed by atoms with Crippen LogP contribution >= 0.6 is 0 Å². The summed E-state index contributed by atoms with van der Waals surface area (Å²) in [4.78, 5) is 24.6. The fourth-order valence-electron chi connectivity index (χ4n) is 2.88. The van der Waals surface area contributed by atoms with Gasteiger partial charge in [0, 0.05) is 26.4 Å². The predicted octanol–water partition coefficient (Wildman–Crippen LogP) is 3.68. The molecule has 21 heavy (non-hydrogen) atoms. The second-order valence-corrected chi connectivity index (χ2v) is 6.17. The summed E-state index contributed by atoms with van der Waals surface area (Å²) >= 11 is 0. The summed E-state index contributed by atoms with van der Waals surface area (Å²) in [5.41, 5.74) is 0. The first-order valence-electron chi connectivity index (χ1n) is 8.54. The van der Waals surface area contributed by atoms with Crippen molar-refractivity contribution in [3.63, 3.8) is 0 Å². The van der Waals surface area contributed by atoms with E-state index >= 15 is 0 Å². The van der Waals surface area contributed by atoms with Crippen LogP contribution in [0, 0.1) is 0 Å². The predicted molar refractivity (Wildman–Crippen MR) is 84.0 cm³/mol. The molecule has 1 amide bonds. The largest absolute Gasteiger partial charge is 0.463 e. The zero-order valence-electron chi connectivity index (χ0n) is 13.7. The average Bonchev–Trinajstić information content (AvgIpc) is 2.94. The second kappa shape index (κ2) is 10.6. The lowest BCUT2D eigenvalue weighted by Crippen LogP contribution is -2.27. The molecule has 122 valence electrons. The number of rotatable bonds is 10. The fraction of sp³-hybridized carbons (Fsp3) is 0.882. The van der Waals surface area contributed by atoms with Gasteiger partial charge >= 0.3 is 5.97 Å². The molecule has 0 aliphatic carbocycles. The van der Waals surface area contributed by atoms with Crippen molar-refractivity contribution in [3.8, 4) is 0 Å². The maximum absolute atomic E-state index is 11.8. The number of unbranched alkanes of at least 4 members (excludes halogenated alkanes) is 5. The smallest absolute Gasteiger partial charge is 0.302 e. The van der Waals surface area contributed by atoms with Gasteiger partial charge in [0.25, 0.3) is 0 Å². The molecule has 1 atom stereocenters. The van der Waals surface area contributed by atoms with E-state index in [2.05, 4.69) is 0 Å². The van der Waals surface area contributed by atoms with Crippen LogP contribution in [0.15, 0.2) is 0 Å².